The summed E-state index contributed by atoms with van der Waals surface area (Å²) in [5.41, 5.74) is 1.31. The highest BCUT2D eigenvalue weighted by Gasteiger charge is 2.30. The molecule has 1 atom stereocenters. The molecule has 1 aliphatic rings. The van der Waals surface area contributed by atoms with Crippen LogP contribution in [0.1, 0.15) is 37.3 Å². The summed E-state index contributed by atoms with van der Waals surface area (Å²) in [6.07, 6.45) is 0.983. The largest absolute Gasteiger partial charge is 0.493 e. The zero-order valence-electron chi connectivity index (χ0n) is 11.1. The topological polar surface area (TPSA) is 38.3 Å². The van der Waals surface area contributed by atoms with Gasteiger partial charge in [-0.1, -0.05) is 18.5 Å². The van der Waals surface area contributed by atoms with Crippen LogP contribution in [-0.2, 0) is 11.2 Å². The van der Waals surface area contributed by atoms with Crippen molar-refractivity contribution in [2.75, 3.05) is 13.2 Å². The van der Waals surface area contributed by atoms with Crippen molar-refractivity contribution in [3.05, 3.63) is 28.0 Å². The number of carbonyl (C=O) groups excluding carboxylic acids is 1. The second-order valence-corrected chi connectivity index (χ2v) is 4.97. The first-order valence-electron chi connectivity index (χ1n) is 6.48. The van der Waals surface area contributed by atoms with Gasteiger partial charge in [0.25, 0.3) is 0 Å². The molecule has 0 bridgehead atoms. The molecule has 1 heterocycles. The molecule has 1 aromatic rings. The Kier molecular flexibility index (Phi) is 4.30. The smallest absolute Gasteiger partial charge is 0.220 e. The summed E-state index contributed by atoms with van der Waals surface area (Å²) in [6, 6.07) is 1.61. The Bertz CT molecular complexity index is 505. The second-order valence-electron chi connectivity index (χ2n) is 4.57. The summed E-state index contributed by atoms with van der Waals surface area (Å²) < 4.78 is 19.9. The monoisotopic (exact) mass is 285 g/mol. The van der Waals surface area contributed by atoms with E-state index in [1.165, 1.54) is 0 Å². The van der Waals surface area contributed by atoms with E-state index >= 15 is 0 Å². The summed E-state index contributed by atoms with van der Waals surface area (Å²) in [5, 5.41) is 2.81. The molecule has 2 rings (SSSR count). The molecule has 5 heteroatoms. The predicted octanol–water partition coefficient (Wildman–Crippen LogP) is 3.04. The molecule has 3 nitrogen and oxygen atoms in total. The van der Waals surface area contributed by atoms with Crippen LogP contribution in [0.3, 0.4) is 0 Å². The number of ether oxygens (including phenoxy) is 1. The molecule has 0 saturated carbocycles. The summed E-state index contributed by atoms with van der Waals surface area (Å²) in [6.45, 7) is 4.70. The molecule has 0 radical (unpaired) electrons. The number of amides is 1. The molecule has 0 spiro atoms. The standard InChI is InChI=1S/C14H17ClFNO2/c1-3-8-5-10(15)13(16)12(14(8)19-4-2)9-6-11(18)17-7-9/h5,9H,3-4,6-7H2,1-2H3,(H,17,18)/t9-/m0/s1. The van der Waals surface area contributed by atoms with Crippen molar-refractivity contribution >= 4 is 17.5 Å². The number of benzene rings is 1. The highest BCUT2D eigenvalue weighted by Crippen LogP contribution is 2.39. The average Bonchev–Trinajstić information content (AvgIpc) is 2.80. The van der Waals surface area contributed by atoms with E-state index in [4.69, 9.17) is 16.3 Å². The van der Waals surface area contributed by atoms with Gasteiger partial charge in [0.2, 0.25) is 5.91 Å². The number of aryl methyl sites for hydroxylation is 1. The Hall–Kier alpha value is -1.29. The van der Waals surface area contributed by atoms with E-state index in [0.717, 1.165) is 5.56 Å². The summed E-state index contributed by atoms with van der Waals surface area (Å²) in [7, 11) is 0. The molecule has 1 amide bonds. The van der Waals surface area contributed by atoms with Crippen molar-refractivity contribution in [1.29, 1.82) is 0 Å². The Morgan fingerprint density at radius 2 is 2.26 bits per heavy atom. The zero-order chi connectivity index (χ0) is 14.0. The van der Waals surface area contributed by atoms with Crippen LogP contribution in [0.4, 0.5) is 4.39 Å². The maximum Gasteiger partial charge on any atom is 0.220 e. The maximum atomic E-state index is 14.3. The van der Waals surface area contributed by atoms with Crippen LogP contribution < -0.4 is 10.1 Å². The van der Waals surface area contributed by atoms with Gasteiger partial charge in [-0.2, -0.15) is 0 Å². The zero-order valence-corrected chi connectivity index (χ0v) is 11.8. The second kappa shape index (κ2) is 5.78. The number of rotatable bonds is 4. The molecule has 0 aromatic heterocycles. The first-order chi connectivity index (χ1) is 9.08. The lowest BCUT2D eigenvalue weighted by Crippen LogP contribution is -2.14. The van der Waals surface area contributed by atoms with Crippen LogP contribution >= 0.6 is 11.6 Å². The number of halogens is 2. The van der Waals surface area contributed by atoms with Crippen molar-refractivity contribution in [3.8, 4) is 5.75 Å². The van der Waals surface area contributed by atoms with Gasteiger partial charge in [-0.25, -0.2) is 4.39 Å². The van der Waals surface area contributed by atoms with Gasteiger partial charge < -0.3 is 10.1 Å². The number of hydrogen-bond acceptors (Lipinski definition) is 2. The lowest BCUT2D eigenvalue weighted by Gasteiger charge is -2.19. The molecule has 0 aliphatic carbocycles. The van der Waals surface area contributed by atoms with Gasteiger partial charge in [-0.3, -0.25) is 4.79 Å². The van der Waals surface area contributed by atoms with Crippen LogP contribution in [0.25, 0.3) is 0 Å². The van der Waals surface area contributed by atoms with E-state index < -0.39 is 5.82 Å². The van der Waals surface area contributed by atoms with Gasteiger partial charge in [0.15, 0.2) is 0 Å². The minimum atomic E-state index is -0.469. The van der Waals surface area contributed by atoms with E-state index in [1.54, 1.807) is 6.07 Å². The third-order valence-electron chi connectivity index (χ3n) is 3.34. The van der Waals surface area contributed by atoms with E-state index in [-0.39, 0.29) is 23.3 Å². The van der Waals surface area contributed by atoms with Gasteiger partial charge >= 0.3 is 0 Å². The lowest BCUT2D eigenvalue weighted by atomic mass is 9.93. The van der Waals surface area contributed by atoms with Crippen LogP contribution in [-0.4, -0.2) is 19.1 Å². The minimum Gasteiger partial charge on any atom is -0.493 e. The Morgan fingerprint density at radius 3 is 2.79 bits per heavy atom. The van der Waals surface area contributed by atoms with Crippen molar-refractivity contribution in [2.45, 2.75) is 32.6 Å². The van der Waals surface area contributed by atoms with Crippen molar-refractivity contribution in [3.63, 3.8) is 0 Å². The van der Waals surface area contributed by atoms with Crippen molar-refractivity contribution in [1.82, 2.24) is 5.32 Å². The predicted molar refractivity (Wildman–Crippen MR) is 72.3 cm³/mol. The highest BCUT2D eigenvalue weighted by molar-refractivity contribution is 6.31. The number of nitrogens with one attached hydrogen (secondary N) is 1. The molecular weight excluding hydrogens is 269 g/mol. The molecule has 1 saturated heterocycles. The van der Waals surface area contributed by atoms with Crippen molar-refractivity contribution < 1.29 is 13.9 Å². The van der Waals surface area contributed by atoms with Crippen LogP contribution in [0.2, 0.25) is 5.02 Å². The van der Waals surface area contributed by atoms with E-state index in [1.807, 2.05) is 13.8 Å². The van der Waals surface area contributed by atoms with Crippen LogP contribution in [0.15, 0.2) is 6.07 Å². The lowest BCUT2D eigenvalue weighted by molar-refractivity contribution is -0.119. The average molecular weight is 286 g/mol. The first kappa shape index (κ1) is 14.1. The fraction of sp³-hybridized carbons (Fsp3) is 0.500. The Balaban J connectivity index is 2.54. The third kappa shape index (κ3) is 2.68. The molecule has 19 heavy (non-hydrogen) atoms. The molecule has 1 fully saturated rings. The first-order valence-corrected chi connectivity index (χ1v) is 6.86. The van der Waals surface area contributed by atoms with Gasteiger partial charge in [0, 0.05) is 24.4 Å². The van der Waals surface area contributed by atoms with Gasteiger partial charge in [-0.15, -0.1) is 0 Å². The summed E-state index contributed by atoms with van der Waals surface area (Å²) in [4.78, 5) is 11.3. The van der Waals surface area contributed by atoms with E-state index in [9.17, 15) is 9.18 Å². The van der Waals surface area contributed by atoms with E-state index in [0.29, 0.717) is 30.9 Å². The molecule has 1 aliphatic heterocycles. The highest BCUT2D eigenvalue weighted by atomic mass is 35.5. The maximum absolute atomic E-state index is 14.3. The summed E-state index contributed by atoms with van der Waals surface area (Å²) in [5.74, 6) is -0.194. The molecule has 104 valence electrons. The Labute approximate surface area is 117 Å². The number of carbonyl (C=O) groups is 1. The SMILES string of the molecule is CCOc1c(CC)cc(Cl)c(F)c1[C@@H]1CNC(=O)C1. The fourth-order valence-electron chi connectivity index (χ4n) is 2.43. The van der Waals surface area contributed by atoms with E-state index in [2.05, 4.69) is 5.32 Å². The van der Waals surface area contributed by atoms with Crippen LogP contribution in [0.5, 0.6) is 5.75 Å². The van der Waals surface area contributed by atoms with Gasteiger partial charge in [0.1, 0.15) is 11.6 Å². The number of hydrogen-bond donors (Lipinski definition) is 1. The van der Waals surface area contributed by atoms with Crippen LogP contribution in [0, 0.1) is 5.82 Å². The molecule has 1 N–H and O–H groups in total. The van der Waals surface area contributed by atoms with Crippen molar-refractivity contribution in [2.24, 2.45) is 0 Å². The Morgan fingerprint density at radius 1 is 1.53 bits per heavy atom. The van der Waals surface area contributed by atoms with Gasteiger partial charge in [-0.05, 0) is 25.0 Å². The molecule has 1 aromatic carbocycles. The summed E-state index contributed by atoms with van der Waals surface area (Å²) >= 11 is 5.95. The normalized spacial score (nSPS) is 18.5. The molecular formula is C14H17ClFNO2. The van der Waals surface area contributed by atoms with Gasteiger partial charge in [0.05, 0.1) is 11.6 Å². The fourth-order valence-corrected chi connectivity index (χ4v) is 2.67. The minimum absolute atomic E-state index is 0.0649. The third-order valence-corrected chi connectivity index (χ3v) is 3.61. The molecule has 0 unspecified atom stereocenters. The quantitative estimate of drug-likeness (QED) is 0.923.